The molecule has 0 saturated carbocycles. The predicted molar refractivity (Wildman–Crippen MR) is 96.2 cm³/mol. The Balaban J connectivity index is 1.85. The maximum absolute atomic E-state index is 12.7. The molecule has 1 atom stereocenters. The summed E-state index contributed by atoms with van der Waals surface area (Å²) in [6, 6.07) is 7.48. The Morgan fingerprint density at radius 3 is 2.56 bits per heavy atom. The second-order valence-corrected chi connectivity index (χ2v) is 8.40. The first-order valence-corrected chi connectivity index (χ1v) is 10.2. The average molecular weight is 384 g/mol. The van der Waals surface area contributed by atoms with Crippen LogP contribution in [0.1, 0.15) is 35.9 Å². The third-order valence-electron chi connectivity index (χ3n) is 4.55. The lowest BCUT2D eigenvalue weighted by atomic mass is 10.1. The van der Waals surface area contributed by atoms with Crippen molar-refractivity contribution < 1.29 is 12.9 Å². The molecular formula is C17H22ClN3O3S. The zero-order valence-corrected chi connectivity index (χ0v) is 15.9. The standard InChI is InChI=1S/C17H22ClN3O3S/c1-12-17(13(2)24-20-12)25(22,23)19-11-16(21-9-5-6-10-21)14-7-3-4-8-15(14)18/h3-4,7-8,16,19H,5-6,9-11H2,1-2H3/t16-/m0/s1. The minimum atomic E-state index is -3.70. The molecule has 25 heavy (non-hydrogen) atoms. The Labute approximate surface area is 153 Å². The van der Waals surface area contributed by atoms with E-state index in [-0.39, 0.29) is 17.5 Å². The van der Waals surface area contributed by atoms with E-state index in [2.05, 4.69) is 14.8 Å². The molecule has 0 aliphatic carbocycles. The highest BCUT2D eigenvalue weighted by Gasteiger charge is 2.29. The van der Waals surface area contributed by atoms with E-state index < -0.39 is 10.0 Å². The number of hydrogen-bond acceptors (Lipinski definition) is 5. The van der Waals surface area contributed by atoms with Gasteiger partial charge < -0.3 is 4.52 Å². The van der Waals surface area contributed by atoms with Gasteiger partial charge in [-0.2, -0.15) is 0 Å². The van der Waals surface area contributed by atoms with Gasteiger partial charge in [-0.3, -0.25) is 4.90 Å². The summed E-state index contributed by atoms with van der Waals surface area (Å²) in [5.74, 6) is 0.292. The third-order valence-corrected chi connectivity index (χ3v) is 6.56. The van der Waals surface area contributed by atoms with Crippen molar-refractivity contribution >= 4 is 21.6 Å². The fraction of sp³-hybridized carbons (Fsp3) is 0.471. The van der Waals surface area contributed by atoms with E-state index in [0.717, 1.165) is 31.5 Å². The first-order valence-electron chi connectivity index (χ1n) is 8.31. The fourth-order valence-electron chi connectivity index (χ4n) is 3.35. The molecule has 0 amide bonds. The molecule has 1 fully saturated rings. The van der Waals surface area contributed by atoms with Gasteiger partial charge >= 0.3 is 0 Å². The summed E-state index contributed by atoms with van der Waals surface area (Å²) in [5, 5.41) is 4.38. The van der Waals surface area contributed by atoms with Crippen molar-refractivity contribution in [3.8, 4) is 0 Å². The molecule has 2 heterocycles. The molecule has 0 bridgehead atoms. The summed E-state index contributed by atoms with van der Waals surface area (Å²) < 4.78 is 33.1. The molecule has 2 aromatic rings. The van der Waals surface area contributed by atoms with Crippen LogP contribution in [-0.2, 0) is 10.0 Å². The number of aromatic nitrogens is 1. The van der Waals surface area contributed by atoms with E-state index in [9.17, 15) is 8.42 Å². The summed E-state index contributed by atoms with van der Waals surface area (Å²) in [7, 11) is -3.70. The van der Waals surface area contributed by atoms with E-state index in [1.165, 1.54) is 0 Å². The Hall–Kier alpha value is -1.41. The molecule has 1 aromatic carbocycles. The highest BCUT2D eigenvalue weighted by molar-refractivity contribution is 7.89. The van der Waals surface area contributed by atoms with Crippen molar-refractivity contribution in [3.63, 3.8) is 0 Å². The lowest BCUT2D eigenvalue weighted by Crippen LogP contribution is -2.37. The van der Waals surface area contributed by atoms with Crippen LogP contribution in [0.3, 0.4) is 0 Å². The Morgan fingerprint density at radius 2 is 1.96 bits per heavy atom. The minimum absolute atomic E-state index is 0.105. The number of likely N-dealkylation sites (tertiary alicyclic amines) is 1. The summed E-state index contributed by atoms with van der Waals surface area (Å²) in [4.78, 5) is 2.39. The van der Waals surface area contributed by atoms with Gasteiger partial charge in [-0.1, -0.05) is 35.0 Å². The highest BCUT2D eigenvalue weighted by Crippen LogP contribution is 2.30. The molecule has 0 radical (unpaired) electrons. The van der Waals surface area contributed by atoms with Crippen molar-refractivity contribution in [2.24, 2.45) is 0 Å². The summed E-state index contributed by atoms with van der Waals surface area (Å²) in [6.07, 6.45) is 2.22. The number of sulfonamides is 1. The molecule has 6 nitrogen and oxygen atoms in total. The molecule has 1 aromatic heterocycles. The third kappa shape index (κ3) is 3.89. The molecular weight excluding hydrogens is 362 g/mol. The number of hydrogen-bond donors (Lipinski definition) is 1. The van der Waals surface area contributed by atoms with Crippen LogP contribution in [0.15, 0.2) is 33.7 Å². The maximum Gasteiger partial charge on any atom is 0.246 e. The van der Waals surface area contributed by atoms with Crippen molar-refractivity contribution in [2.75, 3.05) is 19.6 Å². The first kappa shape index (κ1) is 18.4. The average Bonchev–Trinajstić information content (AvgIpc) is 3.19. The van der Waals surface area contributed by atoms with E-state index in [1.54, 1.807) is 13.8 Å². The number of nitrogens with zero attached hydrogens (tertiary/aromatic N) is 2. The molecule has 1 aliphatic rings. The van der Waals surface area contributed by atoms with Gasteiger partial charge in [0, 0.05) is 17.6 Å². The van der Waals surface area contributed by atoms with Gasteiger partial charge in [-0.25, -0.2) is 13.1 Å². The minimum Gasteiger partial charge on any atom is -0.360 e. The largest absolute Gasteiger partial charge is 0.360 e. The molecule has 0 spiro atoms. The molecule has 1 saturated heterocycles. The fourth-order valence-corrected chi connectivity index (χ4v) is 4.98. The second-order valence-electron chi connectivity index (χ2n) is 6.29. The zero-order chi connectivity index (χ0) is 18.0. The lowest BCUT2D eigenvalue weighted by molar-refractivity contribution is 0.246. The predicted octanol–water partition coefficient (Wildman–Crippen LogP) is 3.06. The number of nitrogens with one attached hydrogen (secondary N) is 1. The smallest absolute Gasteiger partial charge is 0.246 e. The van der Waals surface area contributed by atoms with Gasteiger partial charge in [0.25, 0.3) is 0 Å². The number of halogens is 1. The number of benzene rings is 1. The van der Waals surface area contributed by atoms with Crippen LogP contribution in [0.2, 0.25) is 5.02 Å². The van der Waals surface area contributed by atoms with Crippen LogP contribution in [0.4, 0.5) is 0 Å². The van der Waals surface area contributed by atoms with Crippen LogP contribution in [0.5, 0.6) is 0 Å². The topological polar surface area (TPSA) is 75.4 Å². The van der Waals surface area contributed by atoms with E-state index in [4.69, 9.17) is 16.1 Å². The van der Waals surface area contributed by atoms with E-state index >= 15 is 0 Å². The Kier molecular flexibility index (Phi) is 5.48. The lowest BCUT2D eigenvalue weighted by Gasteiger charge is -2.28. The molecule has 0 unspecified atom stereocenters. The summed E-state index contributed by atoms with van der Waals surface area (Å²) >= 11 is 6.37. The summed E-state index contributed by atoms with van der Waals surface area (Å²) in [5.41, 5.74) is 1.30. The van der Waals surface area contributed by atoms with Gasteiger partial charge in [0.15, 0.2) is 5.76 Å². The van der Waals surface area contributed by atoms with Gasteiger partial charge in [-0.05, 0) is 51.4 Å². The van der Waals surface area contributed by atoms with Crippen LogP contribution >= 0.6 is 11.6 Å². The quantitative estimate of drug-likeness (QED) is 0.829. The van der Waals surface area contributed by atoms with Crippen molar-refractivity contribution in [3.05, 3.63) is 46.3 Å². The monoisotopic (exact) mass is 383 g/mol. The van der Waals surface area contributed by atoms with E-state index in [1.807, 2.05) is 24.3 Å². The molecule has 1 N–H and O–H groups in total. The van der Waals surface area contributed by atoms with Crippen molar-refractivity contribution in [1.82, 2.24) is 14.8 Å². The highest BCUT2D eigenvalue weighted by atomic mass is 35.5. The van der Waals surface area contributed by atoms with Crippen LogP contribution in [-0.4, -0.2) is 38.1 Å². The van der Waals surface area contributed by atoms with Crippen molar-refractivity contribution in [2.45, 2.75) is 37.6 Å². The molecule has 8 heteroatoms. The van der Waals surface area contributed by atoms with Gasteiger partial charge in [0.2, 0.25) is 10.0 Å². The van der Waals surface area contributed by atoms with Crippen LogP contribution in [0, 0.1) is 13.8 Å². The van der Waals surface area contributed by atoms with Gasteiger partial charge in [-0.15, -0.1) is 0 Å². The maximum atomic E-state index is 12.7. The molecule has 3 rings (SSSR count). The van der Waals surface area contributed by atoms with Gasteiger partial charge in [0.1, 0.15) is 10.6 Å². The Bertz CT molecular complexity index is 825. The SMILES string of the molecule is Cc1noc(C)c1S(=O)(=O)NC[C@@H](c1ccccc1Cl)N1CCCC1. The number of rotatable bonds is 6. The van der Waals surface area contributed by atoms with Gasteiger partial charge in [0.05, 0.1) is 0 Å². The van der Waals surface area contributed by atoms with E-state index in [0.29, 0.717) is 16.5 Å². The Morgan fingerprint density at radius 1 is 1.28 bits per heavy atom. The zero-order valence-electron chi connectivity index (χ0n) is 14.3. The number of aryl methyl sites for hydroxylation is 2. The summed E-state index contributed by atoms with van der Waals surface area (Å²) in [6.45, 7) is 5.33. The van der Waals surface area contributed by atoms with Crippen LogP contribution in [0.25, 0.3) is 0 Å². The second kappa shape index (κ2) is 7.45. The normalized spacial score (nSPS) is 17.1. The van der Waals surface area contributed by atoms with Crippen LogP contribution < -0.4 is 4.72 Å². The molecule has 136 valence electrons. The molecule has 1 aliphatic heterocycles. The first-order chi connectivity index (χ1) is 11.9. The van der Waals surface area contributed by atoms with Crippen molar-refractivity contribution in [1.29, 1.82) is 0 Å².